The van der Waals surface area contributed by atoms with Gasteiger partial charge in [0.2, 0.25) is 11.8 Å². The molecule has 0 fully saturated rings. The smallest absolute Gasteiger partial charge is 0.306 e. The van der Waals surface area contributed by atoms with Crippen LogP contribution in [-0.4, -0.2) is 47.0 Å². The Morgan fingerprint density at radius 1 is 1.00 bits per heavy atom. The number of rotatable bonds is 4. The number of carbonyl (C=O) groups is 3. The molecule has 0 bridgehead atoms. The summed E-state index contributed by atoms with van der Waals surface area (Å²) in [5.41, 5.74) is 3.03. The van der Waals surface area contributed by atoms with E-state index in [-0.39, 0.29) is 43.4 Å². The summed E-state index contributed by atoms with van der Waals surface area (Å²) in [7, 11) is 0. The zero-order valence-corrected chi connectivity index (χ0v) is 21.2. The molecule has 2 N–H and O–H groups in total. The fourth-order valence-electron chi connectivity index (χ4n) is 5.01. The number of benzene rings is 2. The highest BCUT2D eigenvalue weighted by Crippen LogP contribution is 2.26. The minimum absolute atomic E-state index is 0.0463. The van der Waals surface area contributed by atoms with Crippen molar-refractivity contribution in [1.29, 1.82) is 0 Å². The molecule has 0 aromatic heterocycles. The van der Waals surface area contributed by atoms with Crippen molar-refractivity contribution in [3.63, 3.8) is 0 Å². The van der Waals surface area contributed by atoms with E-state index in [1.54, 1.807) is 4.90 Å². The number of esters is 1. The first-order valence-electron chi connectivity index (χ1n) is 13.2. The van der Waals surface area contributed by atoms with Crippen LogP contribution in [0.25, 0.3) is 0 Å². The van der Waals surface area contributed by atoms with Crippen molar-refractivity contribution in [2.24, 2.45) is 5.92 Å². The molecule has 2 aromatic rings. The topological polar surface area (TPSA) is 95.9 Å². The van der Waals surface area contributed by atoms with Gasteiger partial charge in [0, 0.05) is 19.4 Å². The van der Waals surface area contributed by atoms with Gasteiger partial charge in [-0.2, -0.15) is 0 Å². The molecule has 196 valence electrons. The number of fused-ring (bicyclic) bond motifs is 1. The van der Waals surface area contributed by atoms with Crippen molar-refractivity contribution in [3.8, 4) is 0 Å². The van der Waals surface area contributed by atoms with E-state index in [0.717, 1.165) is 36.0 Å². The predicted octanol–water partition coefficient (Wildman–Crippen LogP) is 3.86. The van der Waals surface area contributed by atoms with Gasteiger partial charge in [0.1, 0.15) is 6.10 Å². The molecule has 37 heavy (non-hydrogen) atoms. The summed E-state index contributed by atoms with van der Waals surface area (Å²) < 4.78 is 5.73. The van der Waals surface area contributed by atoms with Crippen LogP contribution in [0.3, 0.4) is 0 Å². The monoisotopic (exact) mass is 504 g/mol. The summed E-state index contributed by atoms with van der Waals surface area (Å²) in [6.45, 7) is 0.441. The maximum absolute atomic E-state index is 13.4. The SMILES string of the molecule is O=C1CCCCC=CC[C@H](CC(=O)N2Cc3ccccc3C[C@H]2CO)C(=O)NC[C@H](c2ccccc2)O1. The van der Waals surface area contributed by atoms with E-state index in [9.17, 15) is 19.5 Å². The first kappa shape index (κ1) is 26.6. The molecule has 0 saturated carbocycles. The average Bonchev–Trinajstić information content (AvgIpc) is 2.93. The maximum Gasteiger partial charge on any atom is 0.306 e. The highest BCUT2D eigenvalue weighted by Gasteiger charge is 2.32. The first-order valence-corrected chi connectivity index (χ1v) is 13.2. The lowest BCUT2D eigenvalue weighted by Crippen LogP contribution is -2.47. The number of cyclic esters (lactones) is 1. The highest BCUT2D eigenvalue weighted by atomic mass is 16.5. The second-order valence-electron chi connectivity index (χ2n) is 9.82. The van der Waals surface area contributed by atoms with Crippen LogP contribution >= 0.6 is 0 Å². The van der Waals surface area contributed by atoms with E-state index >= 15 is 0 Å². The Bertz CT molecular complexity index is 1100. The Morgan fingerprint density at radius 3 is 2.54 bits per heavy atom. The molecule has 0 unspecified atom stereocenters. The number of aliphatic hydroxyl groups excluding tert-OH is 1. The third-order valence-electron chi connectivity index (χ3n) is 7.17. The lowest BCUT2D eigenvalue weighted by atomic mass is 9.92. The summed E-state index contributed by atoms with van der Waals surface area (Å²) in [5, 5.41) is 12.9. The molecule has 2 amide bonds. The molecule has 3 atom stereocenters. The Hall–Kier alpha value is -3.45. The number of allylic oxidation sites excluding steroid dienone is 2. The van der Waals surface area contributed by atoms with Crippen molar-refractivity contribution in [2.75, 3.05) is 13.2 Å². The van der Waals surface area contributed by atoms with Gasteiger partial charge >= 0.3 is 5.97 Å². The summed E-state index contributed by atoms with van der Waals surface area (Å²) >= 11 is 0. The number of nitrogens with one attached hydrogen (secondary N) is 1. The van der Waals surface area contributed by atoms with Gasteiger partial charge in [-0.3, -0.25) is 14.4 Å². The number of nitrogens with zero attached hydrogens (tertiary/aromatic N) is 1. The molecule has 2 aliphatic rings. The van der Waals surface area contributed by atoms with E-state index in [2.05, 4.69) is 5.32 Å². The molecule has 4 rings (SSSR count). The third kappa shape index (κ3) is 7.29. The molecular formula is C30H36N2O5. The zero-order chi connectivity index (χ0) is 26.0. The molecule has 0 saturated heterocycles. The number of carbonyl (C=O) groups excluding carboxylic acids is 3. The number of aliphatic hydroxyl groups is 1. The standard InChI is InChI=1S/C30H36N2O5/c33-21-26-17-23-13-9-10-15-25(23)20-32(26)28(34)18-24-14-5-2-1-3-8-16-29(35)37-27(19-31-30(24)36)22-11-6-4-7-12-22/h2,4-7,9-13,15,24,26-27,33H,1,3,8,14,16-21H2,(H,31,36)/t24-,26+,27-/m1/s1. The lowest BCUT2D eigenvalue weighted by Gasteiger charge is -2.36. The third-order valence-corrected chi connectivity index (χ3v) is 7.17. The van der Waals surface area contributed by atoms with Crippen molar-refractivity contribution in [3.05, 3.63) is 83.4 Å². The van der Waals surface area contributed by atoms with E-state index in [0.29, 0.717) is 25.8 Å². The summed E-state index contributed by atoms with van der Waals surface area (Å²) in [6, 6.07) is 17.0. The largest absolute Gasteiger partial charge is 0.456 e. The van der Waals surface area contributed by atoms with Crippen LogP contribution in [0.5, 0.6) is 0 Å². The number of ether oxygens (including phenoxy) is 1. The molecule has 0 aliphatic carbocycles. The van der Waals surface area contributed by atoms with Crippen LogP contribution in [0.2, 0.25) is 0 Å². The zero-order valence-electron chi connectivity index (χ0n) is 21.2. The Labute approximate surface area is 218 Å². The van der Waals surface area contributed by atoms with Gasteiger partial charge in [-0.05, 0) is 48.8 Å². The highest BCUT2D eigenvalue weighted by molar-refractivity contribution is 5.86. The lowest BCUT2D eigenvalue weighted by molar-refractivity contribution is -0.150. The van der Waals surface area contributed by atoms with Gasteiger partial charge in [-0.15, -0.1) is 0 Å². The van der Waals surface area contributed by atoms with E-state index in [4.69, 9.17) is 4.74 Å². The van der Waals surface area contributed by atoms with Crippen molar-refractivity contribution in [1.82, 2.24) is 10.2 Å². The second-order valence-corrected chi connectivity index (χ2v) is 9.82. The summed E-state index contributed by atoms with van der Waals surface area (Å²) in [4.78, 5) is 40.9. The van der Waals surface area contributed by atoms with Crippen LogP contribution in [-0.2, 0) is 32.1 Å². The van der Waals surface area contributed by atoms with E-state index < -0.39 is 12.0 Å². The molecule has 0 spiro atoms. The van der Waals surface area contributed by atoms with Gasteiger partial charge in [0.05, 0.1) is 25.1 Å². The normalized spacial score (nSPS) is 23.4. The minimum Gasteiger partial charge on any atom is -0.456 e. The quantitative estimate of drug-likeness (QED) is 0.487. The van der Waals surface area contributed by atoms with Crippen LogP contribution in [0.1, 0.15) is 61.3 Å². The molecule has 0 radical (unpaired) electrons. The average molecular weight is 505 g/mol. The Balaban J connectivity index is 1.48. The van der Waals surface area contributed by atoms with Crippen LogP contribution < -0.4 is 5.32 Å². The molecule has 7 nitrogen and oxygen atoms in total. The van der Waals surface area contributed by atoms with Crippen LogP contribution in [0.15, 0.2) is 66.7 Å². The second kappa shape index (κ2) is 13.2. The van der Waals surface area contributed by atoms with Gasteiger partial charge in [0.15, 0.2) is 0 Å². The van der Waals surface area contributed by atoms with Crippen molar-refractivity contribution in [2.45, 2.75) is 63.6 Å². The van der Waals surface area contributed by atoms with Crippen LogP contribution in [0.4, 0.5) is 0 Å². The minimum atomic E-state index is -0.593. The van der Waals surface area contributed by atoms with Crippen LogP contribution in [0, 0.1) is 5.92 Å². The van der Waals surface area contributed by atoms with Gasteiger partial charge < -0.3 is 20.1 Å². The fourth-order valence-corrected chi connectivity index (χ4v) is 5.01. The van der Waals surface area contributed by atoms with Crippen molar-refractivity contribution >= 4 is 17.8 Å². The maximum atomic E-state index is 13.4. The van der Waals surface area contributed by atoms with E-state index in [1.165, 1.54) is 0 Å². The van der Waals surface area contributed by atoms with E-state index in [1.807, 2.05) is 66.7 Å². The molecule has 2 aromatic carbocycles. The fraction of sp³-hybridized carbons (Fsp3) is 0.433. The number of hydrogen-bond donors (Lipinski definition) is 2. The predicted molar refractivity (Wildman–Crippen MR) is 140 cm³/mol. The first-order chi connectivity index (χ1) is 18.0. The Morgan fingerprint density at radius 2 is 1.76 bits per heavy atom. The molecule has 2 aliphatic heterocycles. The number of amides is 2. The molecular weight excluding hydrogens is 468 g/mol. The molecule has 2 heterocycles. The van der Waals surface area contributed by atoms with Gasteiger partial charge in [-0.25, -0.2) is 0 Å². The summed E-state index contributed by atoms with van der Waals surface area (Å²) in [5.74, 6) is -1.23. The Kier molecular flexibility index (Phi) is 9.49. The summed E-state index contributed by atoms with van der Waals surface area (Å²) in [6.07, 6.45) is 7.20. The van der Waals surface area contributed by atoms with Gasteiger partial charge in [-0.1, -0.05) is 66.7 Å². The number of hydrogen-bond acceptors (Lipinski definition) is 5. The molecule has 7 heteroatoms. The van der Waals surface area contributed by atoms with Gasteiger partial charge in [0.25, 0.3) is 0 Å². The van der Waals surface area contributed by atoms with Crippen molar-refractivity contribution < 1.29 is 24.2 Å².